The molecule has 0 aliphatic carbocycles. The Labute approximate surface area is 88.0 Å². The maximum atomic E-state index is 5.64. The molecule has 3 heteroatoms. The number of ether oxygens (including phenoxy) is 1. The Balaban J connectivity index is 2.52. The lowest BCUT2D eigenvalue weighted by atomic mass is 10.1. The van der Waals surface area contributed by atoms with Gasteiger partial charge in [-0.05, 0) is 34.7 Å². The van der Waals surface area contributed by atoms with Gasteiger partial charge in [0.1, 0.15) is 6.23 Å². The summed E-state index contributed by atoms with van der Waals surface area (Å²) in [6.07, 6.45) is 0.256. The van der Waals surface area contributed by atoms with E-state index in [1.165, 1.54) is 0 Å². The zero-order chi connectivity index (χ0) is 10.7. The third kappa shape index (κ3) is 2.69. The van der Waals surface area contributed by atoms with Crippen LogP contribution in [-0.2, 0) is 4.74 Å². The van der Waals surface area contributed by atoms with Gasteiger partial charge in [0, 0.05) is 31.8 Å². The van der Waals surface area contributed by atoms with Crippen LogP contribution in [0, 0.1) is 0 Å². The van der Waals surface area contributed by atoms with Crippen LogP contribution in [-0.4, -0.2) is 54.9 Å². The van der Waals surface area contributed by atoms with Gasteiger partial charge in [-0.3, -0.25) is 4.90 Å². The van der Waals surface area contributed by atoms with Crippen LogP contribution in [0.2, 0.25) is 0 Å². The summed E-state index contributed by atoms with van der Waals surface area (Å²) in [7, 11) is 2.20. The number of rotatable bonds is 3. The van der Waals surface area contributed by atoms with Gasteiger partial charge in [-0.1, -0.05) is 0 Å². The smallest absolute Gasteiger partial charge is 0.108 e. The molecule has 1 aliphatic rings. The molecule has 0 bridgehead atoms. The van der Waals surface area contributed by atoms with Gasteiger partial charge in [0.25, 0.3) is 0 Å². The third-order valence-corrected chi connectivity index (χ3v) is 3.22. The lowest BCUT2D eigenvalue weighted by molar-refractivity contribution is -0.0910. The average Bonchev–Trinajstić information content (AvgIpc) is 2.11. The van der Waals surface area contributed by atoms with Crippen LogP contribution in [0.4, 0.5) is 0 Å². The number of piperazine rings is 1. The molecule has 14 heavy (non-hydrogen) atoms. The largest absolute Gasteiger partial charge is 0.364 e. The van der Waals surface area contributed by atoms with E-state index in [2.05, 4.69) is 44.5 Å². The molecule has 0 aromatic rings. The van der Waals surface area contributed by atoms with Crippen LogP contribution in [0.15, 0.2) is 0 Å². The lowest BCUT2D eigenvalue weighted by Crippen LogP contribution is -2.57. The van der Waals surface area contributed by atoms with Crippen molar-refractivity contribution in [3.8, 4) is 0 Å². The average molecular weight is 200 g/mol. The molecule has 3 nitrogen and oxygen atoms in total. The highest BCUT2D eigenvalue weighted by Gasteiger charge is 2.29. The molecule has 0 saturated carbocycles. The predicted octanol–water partition coefficient (Wildman–Crippen LogP) is 1.39. The summed E-state index contributed by atoms with van der Waals surface area (Å²) in [6.45, 7) is 11.8. The Morgan fingerprint density at radius 2 is 1.93 bits per heavy atom. The lowest BCUT2D eigenvalue weighted by Gasteiger charge is -2.44. The fraction of sp³-hybridized carbons (Fsp3) is 1.00. The van der Waals surface area contributed by atoms with Gasteiger partial charge in [-0.25, -0.2) is 0 Å². The third-order valence-electron chi connectivity index (χ3n) is 3.22. The van der Waals surface area contributed by atoms with E-state index in [9.17, 15) is 0 Å². The van der Waals surface area contributed by atoms with Gasteiger partial charge in [-0.2, -0.15) is 0 Å². The number of hydrogen-bond donors (Lipinski definition) is 0. The number of likely N-dealkylation sites (N-methyl/N-ethyl adjacent to an activating group) is 1. The molecule has 0 amide bonds. The van der Waals surface area contributed by atoms with Crippen molar-refractivity contribution in [2.24, 2.45) is 0 Å². The van der Waals surface area contributed by atoms with Crippen molar-refractivity contribution in [3.63, 3.8) is 0 Å². The Kier molecular flexibility index (Phi) is 4.35. The molecule has 0 aromatic carbocycles. The van der Waals surface area contributed by atoms with Crippen LogP contribution in [0.25, 0.3) is 0 Å². The number of nitrogens with zero attached hydrogens (tertiary/aromatic N) is 2. The molecule has 1 saturated heterocycles. The van der Waals surface area contributed by atoms with Gasteiger partial charge in [0.2, 0.25) is 0 Å². The minimum Gasteiger partial charge on any atom is -0.364 e. The maximum Gasteiger partial charge on any atom is 0.108 e. The van der Waals surface area contributed by atoms with Gasteiger partial charge in [0.05, 0.1) is 0 Å². The fourth-order valence-corrected chi connectivity index (χ4v) is 2.17. The summed E-state index contributed by atoms with van der Waals surface area (Å²) in [6, 6.07) is 1.23. The van der Waals surface area contributed by atoms with Gasteiger partial charge in [0.15, 0.2) is 0 Å². The van der Waals surface area contributed by atoms with E-state index in [4.69, 9.17) is 4.74 Å². The van der Waals surface area contributed by atoms with Gasteiger partial charge in [-0.15, -0.1) is 0 Å². The second kappa shape index (κ2) is 5.10. The van der Waals surface area contributed by atoms with E-state index in [1.54, 1.807) is 0 Å². The van der Waals surface area contributed by atoms with Crippen molar-refractivity contribution in [3.05, 3.63) is 0 Å². The van der Waals surface area contributed by atoms with E-state index >= 15 is 0 Å². The molecular weight excluding hydrogens is 176 g/mol. The second-order valence-corrected chi connectivity index (χ2v) is 4.39. The highest BCUT2D eigenvalue weighted by atomic mass is 16.5. The first kappa shape index (κ1) is 12.0. The number of hydrogen-bond acceptors (Lipinski definition) is 3. The zero-order valence-electron chi connectivity index (χ0n) is 10.2. The predicted molar refractivity (Wildman–Crippen MR) is 59.3 cm³/mol. The molecule has 0 spiro atoms. The first-order valence-corrected chi connectivity index (χ1v) is 5.63. The minimum atomic E-state index is 0.256. The van der Waals surface area contributed by atoms with Crippen LogP contribution in [0.3, 0.4) is 0 Å². The van der Waals surface area contributed by atoms with Crippen molar-refractivity contribution in [1.29, 1.82) is 0 Å². The van der Waals surface area contributed by atoms with Gasteiger partial charge >= 0.3 is 0 Å². The zero-order valence-corrected chi connectivity index (χ0v) is 10.2. The second-order valence-electron chi connectivity index (χ2n) is 4.39. The molecule has 0 aromatic heterocycles. The van der Waals surface area contributed by atoms with Crippen molar-refractivity contribution in [2.45, 2.75) is 46.0 Å². The van der Waals surface area contributed by atoms with Crippen LogP contribution in [0.5, 0.6) is 0 Å². The van der Waals surface area contributed by atoms with E-state index < -0.39 is 0 Å². The van der Waals surface area contributed by atoms with E-state index in [1.807, 2.05) is 0 Å². The molecule has 1 rings (SSSR count). The molecular formula is C11H24N2O. The maximum absolute atomic E-state index is 5.64. The monoisotopic (exact) mass is 200 g/mol. The van der Waals surface area contributed by atoms with Crippen LogP contribution in [0.1, 0.15) is 27.7 Å². The molecule has 84 valence electrons. The van der Waals surface area contributed by atoms with Crippen molar-refractivity contribution in [2.75, 3.05) is 26.7 Å². The van der Waals surface area contributed by atoms with E-state index in [0.717, 1.165) is 19.7 Å². The summed E-state index contributed by atoms with van der Waals surface area (Å²) in [5.41, 5.74) is 0. The summed E-state index contributed by atoms with van der Waals surface area (Å²) < 4.78 is 5.64. The molecule has 3 unspecified atom stereocenters. The topological polar surface area (TPSA) is 15.7 Å². The Morgan fingerprint density at radius 1 is 1.29 bits per heavy atom. The molecule has 1 aliphatic heterocycles. The first-order valence-electron chi connectivity index (χ1n) is 5.63. The Morgan fingerprint density at radius 3 is 2.50 bits per heavy atom. The van der Waals surface area contributed by atoms with Crippen molar-refractivity contribution >= 4 is 0 Å². The quantitative estimate of drug-likeness (QED) is 0.685. The minimum absolute atomic E-state index is 0.256. The molecule has 1 fully saturated rings. The standard InChI is InChI=1S/C11H24N2O/c1-6-14-11(4)13-8-9(2)12(5)7-10(13)3/h9-11H,6-8H2,1-5H3. The summed E-state index contributed by atoms with van der Waals surface area (Å²) in [5.74, 6) is 0. The van der Waals surface area contributed by atoms with Gasteiger partial charge < -0.3 is 9.64 Å². The molecule has 3 atom stereocenters. The first-order chi connectivity index (χ1) is 6.56. The SMILES string of the molecule is CCOC(C)N1CC(C)N(C)CC1C. The summed E-state index contributed by atoms with van der Waals surface area (Å²) in [5, 5.41) is 0. The molecule has 1 heterocycles. The highest BCUT2D eigenvalue weighted by Crippen LogP contribution is 2.16. The highest BCUT2D eigenvalue weighted by molar-refractivity contribution is 4.83. The van der Waals surface area contributed by atoms with Crippen LogP contribution >= 0.6 is 0 Å². The normalized spacial score (nSPS) is 33.2. The van der Waals surface area contributed by atoms with E-state index in [-0.39, 0.29) is 6.23 Å². The van der Waals surface area contributed by atoms with E-state index in [0.29, 0.717) is 12.1 Å². The van der Waals surface area contributed by atoms with Crippen molar-refractivity contribution < 1.29 is 4.74 Å². The Bertz CT molecular complexity index is 171. The Hall–Kier alpha value is -0.120. The fourth-order valence-electron chi connectivity index (χ4n) is 2.17. The molecule has 0 radical (unpaired) electrons. The van der Waals surface area contributed by atoms with Crippen LogP contribution < -0.4 is 0 Å². The summed E-state index contributed by atoms with van der Waals surface area (Å²) in [4.78, 5) is 4.87. The summed E-state index contributed by atoms with van der Waals surface area (Å²) >= 11 is 0. The molecule has 0 N–H and O–H groups in total. The van der Waals surface area contributed by atoms with Crippen molar-refractivity contribution in [1.82, 2.24) is 9.80 Å².